The van der Waals surface area contributed by atoms with Gasteiger partial charge in [-0.25, -0.2) is 4.39 Å². The fraction of sp³-hybridized carbons (Fsp3) is 0.320. The Balaban J connectivity index is 1.33. The molecule has 1 amide bonds. The maximum Gasteiger partial charge on any atom is 0.257 e. The number of amides is 1. The number of rotatable bonds is 4. The third-order valence-electron chi connectivity index (χ3n) is 6.28. The Kier molecular flexibility index (Phi) is 6.56. The minimum Gasteiger partial charge on any atom is -0.360 e. The Hall–Kier alpha value is -2.86. The molecule has 0 aliphatic heterocycles. The number of carbonyl (C=O) groups excluding carboxylic acids is 1. The number of aromatic nitrogens is 1. The zero-order valence-corrected chi connectivity index (χ0v) is 18.3. The summed E-state index contributed by atoms with van der Waals surface area (Å²) < 4.78 is 13.8. The van der Waals surface area contributed by atoms with E-state index in [9.17, 15) is 9.18 Å². The van der Waals surface area contributed by atoms with E-state index in [1.165, 1.54) is 11.6 Å². The monoisotopic (exact) mass is 435 g/mol. The predicted molar refractivity (Wildman–Crippen MR) is 126 cm³/mol. The van der Waals surface area contributed by atoms with Crippen LogP contribution in [0.3, 0.4) is 0 Å². The van der Waals surface area contributed by atoms with Gasteiger partial charge in [-0.15, -0.1) is 0 Å². The van der Waals surface area contributed by atoms with E-state index in [0.29, 0.717) is 22.5 Å². The molecule has 1 fully saturated rings. The zero-order chi connectivity index (χ0) is 21.8. The molecule has 0 saturated heterocycles. The van der Waals surface area contributed by atoms with Crippen LogP contribution in [0.2, 0.25) is 0 Å². The number of carbonyl (C=O) groups is 1. The average Bonchev–Trinajstić information content (AvgIpc) is 2.79. The van der Waals surface area contributed by atoms with Crippen LogP contribution < -0.4 is 10.6 Å². The topological polar surface area (TPSA) is 54.0 Å². The highest BCUT2D eigenvalue weighted by atomic mass is 32.1. The maximum absolute atomic E-state index is 13.8. The first kappa shape index (κ1) is 21.4. The molecule has 2 aromatic carbocycles. The summed E-state index contributed by atoms with van der Waals surface area (Å²) in [6.45, 7) is 2.11. The number of pyridine rings is 1. The second-order valence-electron chi connectivity index (χ2n) is 8.26. The fourth-order valence-electron chi connectivity index (χ4n) is 4.55. The van der Waals surface area contributed by atoms with Gasteiger partial charge in [-0.3, -0.25) is 15.1 Å². The minimum atomic E-state index is -0.223. The molecule has 3 aromatic rings. The average molecular weight is 436 g/mol. The van der Waals surface area contributed by atoms with Crippen LogP contribution in [0.4, 0.5) is 4.39 Å². The molecule has 0 bridgehead atoms. The third-order valence-corrected chi connectivity index (χ3v) is 6.50. The van der Waals surface area contributed by atoms with Crippen molar-refractivity contribution in [2.24, 2.45) is 5.92 Å². The maximum atomic E-state index is 13.8. The molecule has 0 spiro atoms. The summed E-state index contributed by atoms with van der Waals surface area (Å²) in [6.07, 6.45) is 5.99. The van der Waals surface area contributed by atoms with Gasteiger partial charge in [-0.2, -0.15) is 0 Å². The molecule has 1 aliphatic rings. The lowest BCUT2D eigenvalue weighted by atomic mass is 9.75. The first-order valence-electron chi connectivity index (χ1n) is 10.7. The van der Waals surface area contributed by atoms with Crippen LogP contribution in [-0.4, -0.2) is 22.0 Å². The number of hydrogen-bond acceptors (Lipinski definition) is 3. The highest BCUT2D eigenvalue weighted by Gasteiger charge is 2.27. The van der Waals surface area contributed by atoms with Gasteiger partial charge in [0.2, 0.25) is 0 Å². The molecule has 1 aliphatic carbocycles. The van der Waals surface area contributed by atoms with Gasteiger partial charge in [0.15, 0.2) is 5.11 Å². The van der Waals surface area contributed by atoms with Crippen molar-refractivity contribution in [3.63, 3.8) is 0 Å². The second kappa shape index (κ2) is 9.52. The summed E-state index contributed by atoms with van der Waals surface area (Å²) in [5.74, 6) is 0.443. The van der Waals surface area contributed by atoms with Gasteiger partial charge in [0.1, 0.15) is 5.82 Å². The highest BCUT2D eigenvalue weighted by molar-refractivity contribution is 7.80. The molecule has 1 atom stereocenters. The van der Waals surface area contributed by atoms with E-state index in [-0.39, 0.29) is 17.8 Å². The van der Waals surface area contributed by atoms with Gasteiger partial charge in [0, 0.05) is 23.2 Å². The van der Waals surface area contributed by atoms with Gasteiger partial charge in [-0.1, -0.05) is 18.2 Å². The number of thiocarbonyl (C=S) groups is 1. The number of benzene rings is 2. The molecular weight excluding hydrogens is 409 g/mol. The van der Waals surface area contributed by atoms with E-state index >= 15 is 0 Å². The normalized spacial score (nSPS) is 19.5. The summed E-state index contributed by atoms with van der Waals surface area (Å²) in [5.41, 5.74) is 2.62. The summed E-state index contributed by atoms with van der Waals surface area (Å²) in [5, 5.41) is 7.33. The predicted octanol–water partition coefficient (Wildman–Crippen LogP) is 5.34. The highest BCUT2D eigenvalue weighted by Crippen LogP contribution is 2.39. The van der Waals surface area contributed by atoms with E-state index in [1.807, 2.05) is 30.5 Å². The molecule has 1 saturated carbocycles. The Morgan fingerprint density at radius 2 is 1.84 bits per heavy atom. The van der Waals surface area contributed by atoms with Crippen LogP contribution in [0.5, 0.6) is 0 Å². The van der Waals surface area contributed by atoms with Crippen molar-refractivity contribution in [3.8, 4) is 0 Å². The van der Waals surface area contributed by atoms with Crippen molar-refractivity contribution in [2.75, 3.05) is 0 Å². The molecule has 1 heterocycles. The van der Waals surface area contributed by atoms with Gasteiger partial charge in [0.05, 0.1) is 5.52 Å². The van der Waals surface area contributed by atoms with Crippen molar-refractivity contribution >= 4 is 34.1 Å². The van der Waals surface area contributed by atoms with Crippen LogP contribution in [0.1, 0.15) is 54.4 Å². The molecule has 0 radical (unpaired) electrons. The van der Waals surface area contributed by atoms with Crippen LogP contribution >= 0.6 is 12.2 Å². The van der Waals surface area contributed by atoms with Crippen molar-refractivity contribution in [1.29, 1.82) is 0 Å². The molecule has 0 unspecified atom stereocenters. The SMILES string of the molecule is C[C@@H](NC(=S)NC(=O)c1ccccc1)C1CCC(c2ccnc3ccc(F)cc23)CC1. The number of hydrogen-bond donors (Lipinski definition) is 2. The zero-order valence-electron chi connectivity index (χ0n) is 17.5. The summed E-state index contributed by atoms with van der Waals surface area (Å²) in [6, 6.07) is 16.0. The Morgan fingerprint density at radius 1 is 1.10 bits per heavy atom. The Morgan fingerprint density at radius 3 is 2.58 bits per heavy atom. The fourth-order valence-corrected chi connectivity index (χ4v) is 4.83. The lowest BCUT2D eigenvalue weighted by Crippen LogP contribution is -2.46. The Labute approximate surface area is 187 Å². The van der Waals surface area contributed by atoms with Crippen molar-refractivity contribution in [1.82, 2.24) is 15.6 Å². The quantitative estimate of drug-likeness (QED) is 0.543. The summed E-state index contributed by atoms with van der Waals surface area (Å²) in [4.78, 5) is 16.6. The number of halogens is 1. The molecule has 31 heavy (non-hydrogen) atoms. The first-order valence-corrected chi connectivity index (χ1v) is 11.1. The molecule has 2 N–H and O–H groups in total. The van der Waals surface area contributed by atoms with Crippen molar-refractivity contribution < 1.29 is 9.18 Å². The molecular formula is C25H26FN3OS. The van der Waals surface area contributed by atoms with E-state index < -0.39 is 0 Å². The van der Waals surface area contributed by atoms with Crippen LogP contribution in [0.25, 0.3) is 10.9 Å². The number of nitrogens with one attached hydrogen (secondary N) is 2. The van der Waals surface area contributed by atoms with E-state index in [2.05, 4.69) is 22.5 Å². The molecule has 160 valence electrons. The largest absolute Gasteiger partial charge is 0.360 e. The van der Waals surface area contributed by atoms with Crippen LogP contribution in [-0.2, 0) is 0 Å². The van der Waals surface area contributed by atoms with Gasteiger partial charge in [0.25, 0.3) is 5.91 Å². The van der Waals surface area contributed by atoms with E-state index in [1.54, 1.807) is 24.3 Å². The Bertz CT molecular complexity index is 1080. The molecule has 1 aromatic heterocycles. The minimum absolute atomic E-state index is 0.163. The molecule has 4 rings (SSSR count). The van der Waals surface area contributed by atoms with Crippen LogP contribution in [0.15, 0.2) is 60.8 Å². The van der Waals surface area contributed by atoms with Crippen molar-refractivity contribution in [3.05, 3.63) is 77.7 Å². The first-order chi connectivity index (χ1) is 15.0. The van der Waals surface area contributed by atoms with Gasteiger partial charge < -0.3 is 5.32 Å². The lowest BCUT2D eigenvalue weighted by molar-refractivity contribution is 0.0976. The summed E-state index contributed by atoms with van der Waals surface area (Å²) in [7, 11) is 0. The lowest BCUT2D eigenvalue weighted by Gasteiger charge is -2.33. The standard InChI is InChI=1S/C25H26FN3OS/c1-16(28-25(31)29-24(30)19-5-3-2-4-6-19)17-7-9-18(10-8-17)21-13-14-27-23-12-11-20(26)15-22(21)23/h2-6,11-18H,7-10H2,1H3,(H2,28,29,30,31)/t16-,17?,18?/m1/s1. The second-order valence-corrected chi connectivity index (χ2v) is 8.66. The molecule has 6 heteroatoms. The smallest absolute Gasteiger partial charge is 0.257 e. The summed E-state index contributed by atoms with van der Waals surface area (Å²) >= 11 is 5.36. The van der Waals surface area contributed by atoms with Gasteiger partial charge >= 0.3 is 0 Å². The van der Waals surface area contributed by atoms with E-state index in [4.69, 9.17) is 12.2 Å². The number of fused-ring (bicyclic) bond motifs is 1. The molecule has 4 nitrogen and oxygen atoms in total. The van der Waals surface area contributed by atoms with Gasteiger partial charge in [-0.05, 0) is 98.6 Å². The number of nitrogens with zero attached hydrogens (tertiary/aromatic N) is 1. The third kappa shape index (κ3) is 5.07. The van der Waals surface area contributed by atoms with Crippen LogP contribution in [0, 0.1) is 11.7 Å². The van der Waals surface area contributed by atoms with E-state index in [0.717, 1.165) is 36.6 Å². The van der Waals surface area contributed by atoms with Crippen molar-refractivity contribution in [2.45, 2.75) is 44.6 Å².